The van der Waals surface area contributed by atoms with Gasteiger partial charge in [0.1, 0.15) is 5.75 Å². The number of fused-ring (bicyclic) bond motifs is 1. The summed E-state index contributed by atoms with van der Waals surface area (Å²) in [5.74, 6) is 0.341. The second-order valence-electron chi connectivity index (χ2n) is 3.61. The van der Waals surface area contributed by atoms with Gasteiger partial charge in [0, 0.05) is 7.05 Å². The Morgan fingerprint density at radius 1 is 1.53 bits per heavy atom. The number of ether oxygens (including phenoxy) is 1. The molecule has 1 atom stereocenters. The molecule has 1 aliphatic rings. The first-order valence-corrected chi connectivity index (χ1v) is 4.89. The summed E-state index contributed by atoms with van der Waals surface area (Å²) in [4.78, 5) is 11.5. The van der Waals surface area contributed by atoms with Crippen molar-refractivity contribution in [2.24, 2.45) is 0 Å². The molecule has 1 aromatic carbocycles. The number of hydrogen-bond donors (Lipinski definition) is 1. The number of carbonyl (C=O) groups excluding carboxylic acids is 1. The van der Waals surface area contributed by atoms with E-state index >= 15 is 0 Å². The number of carbonyl (C=O) groups is 1. The maximum atomic E-state index is 11.5. The zero-order valence-electron chi connectivity index (χ0n) is 8.51. The highest BCUT2D eigenvalue weighted by Gasteiger charge is 2.27. The van der Waals surface area contributed by atoms with Crippen LogP contribution in [0.1, 0.15) is 12.0 Å². The van der Waals surface area contributed by atoms with Gasteiger partial charge in [-0.2, -0.15) is 0 Å². The molecule has 0 fully saturated rings. The summed E-state index contributed by atoms with van der Waals surface area (Å²) in [5.41, 5.74) is 1.11. The summed E-state index contributed by atoms with van der Waals surface area (Å²) >= 11 is 0. The molecule has 4 heteroatoms. The summed E-state index contributed by atoms with van der Waals surface area (Å²) < 4.78 is 5.50. The van der Waals surface area contributed by atoms with E-state index in [0.29, 0.717) is 11.5 Å². The zero-order valence-corrected chi connectivity index (χ0v) is 8.51. The van der Waals surface area contributed by atoms with Gasteiger partial charge in [-0.1, -0.05) is 18.2 Å². The molecule has 0 saturated carbocycles. The van der Waals surface area contributed by atoms with Gasteiger partial charge in [0.05, 0.1) is 0 Å². The first-order valence-electron chi connectivity index (χ1n) is 4.89. The Bertz CT molecular complexity index is 376. The summed E-state index contributed by atoms with van der Waals surface area (Å²) in [5, 5.41) is 9.61. The largest absolute Gasteiger partial charge is 0.480 e. The van der Waals surface area contributed by atoms with Gasteiger partial charge in [-0.15, -0.1) is 0 Å². The SMILES string of the molecule is CN(O)C(=O)C1CCc2ccccc2O1. The quantitative estimate of drug-likeness (QED) is 0.556. The first kappa shape index (κ1) is 9.98. The Morgan fingerprint density at radius 3 is 3.00 bits per heavy atom. The minimum absolute atomic E-state index is 0.399. The topological polar surface area (TPSA) is 49.8 Å². The maximum absolute atomic E-state index is 11.5. The highest BCUT2D eigenvalue weighted by Crippen LogP contribution is 2.27. The molecule has 2 rings (SSSR count). The van der Waals surface area contributed by atoms with E-state index < -0.39 is 12.0 Å². The van der Waals surface area contributed by atoms with Crippen molar-refractivity contribution in [3.63, 3.8) is 0 Å². The van der Waals surface area contributed by atoms with Gasteiger partial charge in [0.15, 0.2) is 6.10 Å². The Kier molecular flexibility index (Phi) is 2.60. The van der Waals surface area contributed by atoms with Gasteiger partial charge in [-0.05, 0) is 24.5 Å². The number of likely N-dealkylation sites (N-methyl/N-ethyl adjacent to an activating group) is 1. The van der Waals surface area contributed by atoms with Crippen LogP contribution in [0.15, 0.2) is 24.3 Å². The van der Waals surface area contributed by atoms with Crippen molar-refractivity contribution in [3.05, 3.63) is 29.8 Å². The number of nitrogens with zero attached hydrogens (tertiary/aromatic N) is 1. The molecule has 0 saturated heterocycles. The van der Waals surface area contributed by atoms with Crippen molar-refractivity contribution in [2.75, 3.05) is 7.05 Å². The van der Waals surface area contributed by atoms with Crippen LogP contribution < -0.4 is 4.74 Å². The van der Waals surface area contributed by atoms with Gasteiger partial charge >= 0.3 is 0 Å². The smallest absolute Gasteiger partial charge is 0.286 e. The van der Waals surface area contributed by atoms with E-state index in [1.807, 2.05) is 24.3 Å². The van der Waals surface area contributed by atoms with Crippen LogP contribution in [0, 0.1) is 0 Å². The van der Waals surface area contributed by atoms with E-state index in [4.69, 9.17) is 9.94 Å². The average Bonchev–Trinajstić information content (AvgIpc) is 2.27. The number of para-hydroxylation sites is 1. The van der Waals surface area contributed by atoms with E-state index in [2.05, 4.69) is 0 Å². The fourth-order valence-corrected chi connectivity index (χ4v) is 1.71. The molecule has 1 heterocycles. The van der Waals surface area contributed by atoms with Crippen LogP contribution in [0.5, 0.6) is 5.75 Å². The predicted octanol–water partition coefficient (Wildman–Crippen LogP) is 1.23. The Balaban J connectivity index is 2.15. The number of hydroxylamine groups is 2. The third kappa shape index (κ3) is 1.94. The van der Waals surface area contributed by atoms with Crippen LogP contribution in [0.4, 0.5) is 0 Å². The van der Waals surface area contributed by atoms with Crippen LogP contribution >= 0.6 is 0 Å². The lowest BCUT2D eigenvalue weighted by atomic mass is 10.0. The lowest BCUT2D eigenvalue weighted by molar-refractivity contribution is -0.168. The third-order valence-corrected chi connectivity index (χ3v) is 2.51. The average molecular weight is 207 g/mol. The minimum atomic E-state index is -0.560. The lowest BCUT2D eigenvalue weighted by Crippen LogP contribution is -2.39. The van der Waals surface area contributed by atoms with Crippen LogP contribution in [-0.4, -0.2) is 29.3 Å². The highest BCUT2D eigenvalue weighted by molar-refractivity contribution is 5.80. The Hall–Kier alpha value is -1.55. The van der Waals surface area contributed by atoms with Gasteiger partial charge in [-0.3, -0.25) is 10.0 Å². The number of benzene rings is 1. The normalized spacial score (nSPS) is 18.9. The van der Waals surface area contributed by atoms with Crippen LogP contribution in [-0.2, 0) is 11.2 Å². The van der Waals surface area contributed by atoms with Crippen molar-refractivity contribution in [3.8, 4) is 5.75 Å². The molecule has 0 radical (unpaired) electrons. The molecule has 0 bridgehead atoms. The number of amides is 1. The molecule has 1 unspecified atom stereocenters. The zero-order chi connectivity index (χ0) is 10.8. The molecule has 4 nitrogen and oxygen atoms in total. The molecule has 80 valence electrons. The molecule has 1 aliphatic heterocycles. The fourth-order valence-electron chi connectivity index (χ4n) is 1.71. The fraction of sp³-hybridized carbons (Fsp3) is 0.364. The highest BCUT2D eigenvalue weighted by atomic mass is 16.5. The van der Waals surface area contributed by atoms with E-state index in [9.17, 15) is 4.79 Å². The van der Waals surface area contributed by atoms with Crippen LogP contribution in [0.3, 0.4) is 0 Å². The summed E-state index contributed by atoms with van der Waals surface area (Å²) in [6, 6.07) is 7.64. The molecule has 0 aliphatic carbocycles. The molecule has 15 heavy (non-hydrogen) atoms. The second kappa shape index (κ2) is 3.90. The lowest BCUT2D eigenvalue weighted by Gasteiger charge is -2.26. The summed E-state index contributed by atoms with van der Waals surface area (Å²) in [6.45, 7) is 0. The molecule has 0 aromatic heterocycles. The summed E-state index contributed by atoms with van der Waals surface area (Å²) in [7, 11) is 1.31. The number of hydrogen-bond acceptors (Lipinski definition) is 3. The van der Waals surface area contributed by atoms with Gasteiger partial charge < -0.3 is 4.74 Å². The van der Waals surface area contributed by atoms with Crippen LogP contribution in [0.2, 0.25) is 0 Å². The van der Waals surface area contributed by atoms with E-state index in [0.717, 1.165) is 17.7 Å². The number of aryl methyl sites for hydroxylation is 1. The Labute approximate surface area is 88.0 Å². The van der Waals surface area contributed by atoms with Crippen LogP contribution in [0.25, 0.3) is 0 Å². The molecule has 1 aromatic rings. The van der Waals surface area contributed by atoms with Crippen molar-refractivity contribution in [1.29, 1.82) is 0 Å². The van der Waals surface area contributed by atoms with E-state index in [1.165, 1.54) is 7.05 Å². The second-order valence-corrected chi connectivity index (χ2v) is 3.61. The summed E-state index contributed by atoms with van der Waals surface area (Å²) in [6.07, 6.45) is 0.858. The third-order valence-electron chi connectivity index (χ3n) is 2.51. The molecule has 1 amide bonds. The van der Waals surface area contributed by atoms with Crippen molar-refractivity contribution >= 4 is 5.91 Å². The molecular formula is C11H13NO3. The van der Waals surface area contributed by atoms with Crippen molar-refractivity contribution < 1.29 is 14.7 Å². The van der Waals surface area contributed by atoms with Gasteiger partial charge in [-0.25, -0.2) is 5.06 Å². The molecular weight excluding hydrogens is 194 g/mol. The van der Waals surface area contributed by atoms with Crippen molar-refractivity contribution in [2.45, 2.75) is 18.9 Å². The number of rotatable bonds is 1. The van der Waals surface area contributed by atoms with E-state index in [1.54, 1.807) is 0 Å². The molecule has 1 N–H and O–H groups in total. The first-order chi connectivity index (χ1) is 7.18. The minimum Gasteiger partial charge on any atom is -0.480 e. The predicted molar refractivity (Wildman–Crippen MR) is 53.7 cm³/mol. The molecule has 0 spiro atoms. The van der Waals surface area contributed by atoms with E-state index in [-0.39, 0.29) is 0 Å². The monoisotopic (exact) mass is 207 g/mol. The van der Waals surface area contributed by atoms with Gasteiger partial charge in [0.2, 0.25) is 0 Å². The standard InChI is InChI=1S/C11H13NO3/c1-12(14)11(13)10-7-6-8-4-2-3-5-9(8)15-10/h2-5,10,14H,6-7H2,1H3. The van der Waals surface area contributed by atoms with Gasteiger partial charge in [0.25, 0.3) is 5.91 Å². The van der Waals surface area contributed by atoms with Crippen molar-refractivity contribution in [1.82, 2.24) is 5.06 Å². The maximum Gasteiger partial charge on any atom is 0.286 e. The Morgan fingerprint density at radius 2 is 2.27 bits per heavy atom.